The van der Waals surface area contributed by atoms with Crippen LogP contribution in [0.25, 0.3) is 0 Å². The summed E-state index contributed by atoms with van der Waals surface area (Å²) in [6.45, 7) is 6.28. The molecule has 5 heteroatoms. The highest BCUT2D eigenvalue weighted by atomic mass is 19.4. The standard InChI is InChI=1S/C9H12F4O/c1-5-8(2,3)6(10)4-7(14-5)9(11,12)13/h6-7H,1,4H2,2-3H3. The number of hydrogen-bond donors (Lipinski definition) is 0. The molecule has 0 saturated carbocycles. The molecule has 14 heavy (non-hydrogen) atoms. The van der Waals surface area contributed by atoms with Gasteiger partial charge < -0.3 is 4.74 Å². The summed E-state index contributed by atoms with van der Waals surface area (Å²) in [5.41, 5.74) is -1.04. The summed E-state index contributed by atoms with van der Waals surface area (Å²) in [5, 5.41) is 0. The highest BCUT2D eigenvalue weighted by molar-refractivity contribution is 5.08. The van der Waals surface area contributed by atoms with Gasteiger partial charge in [0.15, 0.2) is 6.10 Å². The summed E-state index contributed by atoms with van der Waals surface area (Å²) in [7, 11) is 0. The molecular weight excluding hydrogens is 200 g/mol. The van der Waals surface area contributed by atoms with E-state index in [4.69, 9.17) is 0 Å². The quantitative estimate of drug-likeness (QED) is 0.560. The average molecular weight is 212 g/mol. The number of ether oxygens (including phenoxy) is 1. The van der Waals surface area contributed by atoms with Crippen LogP contribution in [0.15, 0.2) is 12.3 Å². The monoisotopic (exact) mass is 212 g/mol. The minimum absolute atomic E-state index is 0.140. The Balaban J connectivity index is 2.81. The van der Waals surface area contributed by atoms with E-state index >= 15 is 0 Å². The third-order valence-electron chi connectivity index (χ3n) is 2.57. The molecule has 0 spiro atoms. The predicted octanol–water partition coefficient (Wildman–Crippen LogP) is 3.22. The molecule has 2 unspecified atom stereocenters. The van der Waals surface area contributed by atoms with Crippen LogP contribution in [0.4, 0.5) is 17.6 Å². The maximum absolute atomic E-state index is 13.4. The van der Waals surface area contributed by atoms with Gasteiger partial charge in [-0.2, -0.15) is 13.2 Å². The molecular formula is C9H12F4O. The number of rotatable bonds is 0. The van der Waals surface area contributed by atoms with Gasteiger partial charge in [0.1, 0.15) is 6.17 Å². The fourth-order valence-corrected chi connectivity index (χ4v) is 1.23. The van der Waals surface area contributed by atoms with Crippen LogP contribution in [0.3, 0.4) is 0 Å². The van der Waals surface area contributed by atoms with Gasteiger partial charge in [-0.25, -0.2) is 4.39 Å². The Labute approximate surface area is 79.7 Å². The van der Waals surface area contributed by atoms with E-state index in [1.54, 1.807) is 0 Å². The van der Waals surface area contributed by atoms with Crippen molar-refractivity contribution >= 4 is 0 Å². The van der Waals surface area contributed by atoms with Gasteiger partial charge in [-0.05, 0) is 13.8 Å². The van der Waals surface area contributed by atoms with Gasteiger partial charge in [-0.15, -0.1) is 0 Å². The lowest BCUT2D eigenvalue weighted by Crippen LogP contribution is -2.45. The predicted molar refractivity (Wildman–Crippen MR) is 43.4 cm³/mol. The van der Waals surface area contributed by atoms with Crippen molar-refractivity contribution in [1.29, 1.82) is 0 Å². The van der Waals surface area contributed by atoms with E-state index in [-0.39, 0.29) is 5.76 Å². The Morgan fingerprint density at radius 3 is 2.29 bits per heavy atom. The van der Waals surface area contributed by atoms with Crippen molar-refractivity contribution in [2.45, 2.75) is 38.7 Å². The van der Waals surface area contributed by atoms with Gasteiger partial charge in [0.05, 0.1) is 11.2 Å². The molecule has 0 aromatic rings. The first-order valence-corrected chi connectivity index (χ1v) is 4.22. The zero-order chi connectivity index (χ0) is 11.1. The van der Waals surface area contributed by atoms with Gasteiger partial charge in [0.2, 0.25) is 0 Å². The molecule has 0 aromatic heterocycles. The summed E-state index contributed by atoms with van der Waals surface area (Å²) in [4.78, 5) is 0. The first kappa shape index (κ1) is 11.3. The van der Waals surface area contributed by atoms with E-state index < -0.39 is 30.3 Å². The largest absolute Gasteiger partial charge is 0.485 e. The Kier molecular flexibility index (Phi) is 2.54. The normalized spacial score (nSPS) is 32.6. The number of allylic oxidation sites excluding steroid dienone is 1. The molecule has 1 nitrogen and oxygen atoms in total. The highest BCUT2D eigenvalue weighted by Gasteiger charge is 2.51. The van der Waals surface area contributed by atoms with Crippen molar-refractivity contribution in [3.05, 3.63) is 12.3 Å². The zero-order valence-electron chi connectivity index (χ0n) is 7.99. The van der Waals surface area contributed by atoms with Gasteiger partial charge in [0.25, 0.3) is 0 Å². The Bertz CT molecular complexity index is 244. The van der Waals surface area contributed by atoms with Crippen LogP contribution in [0.2, 0.25) is 0 Å². The second kappa shape index (κ2) is 3.14. The lowest BCUT2D eigenvalue weighted by molar-refractivity contribution is -0.234. The summed E-state index contributed by atoms with van der Waals surface area (Å²) >= 11 is 0. The van der Waals surface area contributed by atoms with Gasteiger partial charge in [-0.3, -0.25) is 0 Å². The maximum Gasteiger partial charge on any atom is 0.425 e. The number of hydrogen-bond acceptors (Lipinski definition) is 1. The minimum atomic E-state index is -4.52. The van der Waals surface area contributed by atoms with E-state index in [1.807, 2.05) is 0 Å². The van der Waals surface area contributed by atoms with Crippen LogP contribution in [0, 0.1) is 5.41 Å². The van der Waals surface area contributed by atoms with Crippen molar-refractivity contribution in [1.82, 2.24) is 0 Å². The molecule has 0 N–H and O–H groups in total. The molecule has 1 saturated heterocycles. The summed E-state index contributed by atoms with van der Waals surface area (Å²) in [6, 6.07) is 0. The Morgan fingerprint density at radius 2 is 1.93 bits per heavy atom. The summed E-state index contributed by atoms with van der Waals surface area (Å²) in [5.74, 6) is -0.140. The second-order valence-electron chi connectivity index (χ2n) is 4.00. The van der Waals surface area contributed by atoms with Crippen LogP contribution < -0.4 is 0 Å². The van der Waals surface area contributed by atoms with Gasteiger partial charge in [-0.1, -0.05) is 6.58 Å². The molecule has 1 aliphatic heterocycles. The van der Waals surface area contributed by atoms with Crippen molar-refractivity contribution < 1.29 is 22.3 Å². The average Bonchev–Trinajstić information content (AvgIpc) is 1.98. The third-order valence-corrected chi connectivity index (χ3v) is 2.57. The highest BCUT2D eigenvalue weighted by Crippen LogP contribution is 2.44. The first-order valence-electron chi connectivity index (χ1n) is 4.22. The van der Waals surface area contributed by atoms with Crippen LogP contribution in [-0.2, 0) is 4.74 Å². The molecule has 82 valence electrons. The van der Waals surface area contributed by atoms with E-state index in [0.717, 1.165) is 0 Å². The van der Waals surface area contributed by atoms with Crippen molar-refractivity contribution in [3.8, 4) is 0 Å². The van der Waals surface area contributed by atoms with Crippen molar-refractivity contribution in [2.75, 3.05) is 0 Å². The summed E-state index contributed by atoms with van der Waals surface area (Å²) < 4.78 is 54.5. The van der Waals surface area contributed by atoms with E-state index in [0.29, 0.717) is 0 Å². The van der Waals surface area contributed by atoms with Crippen LogP contribution in [0.5, 0.6) is 0 Å². The molecule has 2 atom stereocenters. The SMILES string of the molecule is C=C1OC(C(F)(F)F)CC(F)C1(C)C. The fraction of sp³-hybridized carbons (Fsp3) is 0.778. The molecule has 0 amide bonds. The third kappa shape index (κ3) is 1.86. The molecule has 0 aromatic carbocycles. The molecule has 1 fully saturated rings. The molecule has 1 heterocycles. The molecule has 0 radical (unpaired) electrons. The molecule has 0 bridgehead atoms. The number of alkyl halides is 4. The fourth-order valence-electron chi connectivity index (χ4n) is 1.23. The van der Waals surface area contributed by atoms with Crippen LogP contribution >= 0.6 is 0 Å². The maximum atomic E-state index is 13.4. The molecule has 1 rings (SSSR count). The van der Waals surface area contributed by atoms with Gasteiger partial charge >= 0.3 is 6.18 Å². The van der Waals surface area contributed by atoms with Crippen molar-refractivity contribution in [2.24, 2.45) is 5.41 Å². The van der Waals surface area contributed by atoms with Crippen molar-refractivity contribution in [3.63, 3.8) is 0 Å². The lowest BCUT2D eigenvalue weighted by atomic mass is 9.81. The van der Waals surface area contributed by atoms with Gasteiger partial charge in [0, 0.05) is 6.42 Å². The number of halogens is 4. The smallest absolute Gasteiger partial charge is 0.425 e. The first-order chi connectivity index (χ1) is 6.15. The topological polar surface area (TPSA) is 9.23 Å². The zero-order valence-corrected chi connectivity index (χ0v) is 7.99. The molecule has 0 aliphatic carbocycles. The van der Waals surface area contributed by atoms with E-state index in [9.17, 15) is 17.6 Å². The lowest BCUT2D eigenvalue weighted by Gasteiger charge is -2.40. The second-order valence-corrected chi connectivity index (χ2v) is 4.00. The van der Waals surface area contributed by atoms with Crippen LogP contribution in [0.1, 0.15) is 20.3 Å². The Hall–Kier alpha value is -0.740. The van der Waals surface area contributed by atoms with Crippen LogP contribution in [-0.4, -0.2) is 18.5 Å². The van der Waals surface area contributed by atoms with E-state index in [1.165, 1.54) is 13.8 Å². The molecule has 1 aliphatic rings. The Morgan fingerprint density at radius 1 is 1.43 bits per heavy atom. The summed E-state index contributed by atoms with van der Waals surface area (Å²) in [6.07, 6.45) is -8.81. The van der Waals surface area contributed by atoms with E-state index in [2.05, 4.69) is 11.3 Å². The minimum Gasteiger partial charge on any atom is -0.485 e.